The lowest BCUT2D eigenvalue weighted by molar-refractivity contribution is -0.142. The van der Waals surface area contributed by atoms with Crippen molar-refractivity contribution in [1.82, 2.24) is 0 Å². The van der Waals surface area contributed by atoms with E-state index < -0.39 is 0 Å². The Morgan fingerprint density at radius 1 is 1.36 bits per heavy atom. The Balaban J connectivity index is 2.28. The van der Waals surface area contributed by atoms with Crippen LogP contribution in [0.3, 0.4) is 0 Å². The van der Waals surface area contributed by atoms with Crippen molar-refractivity contribution < 1.29 is 9.53 Å². The number of hydrogen-bond donors (Lipinski definition) is 0. The minimum Gasteiger partial charge on any atom is -0.450 e. The molecule has 72 valence electrons. The summed E-state index contributed by atoms with van der Waals surface area (Å²) in [5, 5.41) is 8.17. The van der Waals surface area contributed by atoms with E-state index in [4.69, 9.17) is 5.26 Å². The van der Waals surface area contributed by atoms with Crippen molar-refractivity contribution in [2.45, 2.75) is 12.8 Å². The molecule has 0 unspecified atom stereocenters. The van der Waals surface area contributed by atoms with Crippen molar-refractivity contribution in [3.63, 3.8) is 0 Å². The lowest BCUT2D eigenvalue weighted by Crippen LogP contribution is -2.05. The van der Waals surface area contributed by atoms with Gasteiger partial charge < -0.3 is 4.74 Å². The average Bonchev–Trinajstić information content (AvgIpc) is 2.25. The molecule has 0 N–H and O–H groups in total. The number of carbonyl (C=O) groups excluding carboxylic acids is 1. The molecule has 0 atom stereocenters. The zero-order valence-corrected chi connectivity index (χ0v) is 7.77. The Bertz CT molecular complexity index is 327. The summed E-state index contributed by atoms with van der Waals surface area (Å²) >= 11 is 0. The second-order valence-corrected chi connectivity index (χ2v) is 2.80. The maximum atomic E-state index is 11.0. The average molecular weight is 189 g/mol. The first kappa shape index (κ1) is 10.3. The van der Waals surface area contributed by atoms with E-state index in [1.165, 1.54) is 0 Å². The number of aryl methyl sites for hydroxylation is 1. The molecule has 0 bridgehead atoms. The van der Waals surface area contributed by atoms with Gasteiger partial charge in [0.15, 0.2) is 6.61 Å². The quantitative estimate of drug-likeness (QED) is 0.677. The Morgan fingerprint density at radius 2 is 2.07 bits per heavy atom. The van der Waals surface area contributed by atoms with Crippen LogP contribution in [0.1, 0.15) is 12.0 Å². The lowest BCUT2D eigenvalue weighted by atomic mass is 10.1. The fourth-order valence-corrected chi connectivity index (χ4v) is 1.08. The Hall–Kier alpha value is -1.82. The van der Waals surface area contributed by atoms with Crippen molar-refractivity contribution >= 4 is 5.97 Å². The smallest absolute Gasteiger partial charge is 0.307 e. The van der Waals surface area contributed by atoms with E-state index in [1.807, 2.05) is 30.3 Å². The summed E-state index contributed by atoms with van der Waals surface area (Å²) in [5.74, 6) is -0.324. The minimum absolute atomic E-state index is 0.159. The molecule has 0 aromatic heterocycles. The third-order valence-electron chi connectivity index (χ3n) is 1.76. The van der Waals surface area contributed by atoms with Crippen LogP contribution in [0.5, 0.6) is 0 Å². The van der Waals surface area contributed by atoms with Crippen molar-refractivity contribution in [3.05, 3.63) is 35.9 Å². The predicted molar refractivity (Wildman–Crippen MR) is 51.3 cm³/mol. The van der Waals surface area contributed by atoms with Crippen LogP contribution in [0.4, 0.5) is 0 Å². The van der Waals surface area contributed by atoms with Gasteiger partial charge in [-0.25, -0.2) is 0 Å². The van der Waals surface area contributed by atoms with Crippen molar-refractivity contribution in [2.24, 2.45) is 0 Å². The van der Waals surface area contributed by atoms with Gasteiger partial charge in [-0.05, 0) is 12.0 Å². The minimum atomic E-state index is -0.324. The third-order valence-corrected chi connectivity index (χ3v) is 1.76. The maximum Gasteiger partial charge on any atom is 0.307 e. The summed E-state index contributed by atoms with van der Waals surface area (Å²) in [6, 6.07) is 11.4. The van der Waals surface area contributed by atoms with E-state index in [1.54, 1.807) is 6.07 Å². The van der Waals surface area contributed by atoms with Gasteiger partial charge >= 0.3 is 5.97 Å². The zero-order valence-electron chi connectivity index (χ0n) is 7.77. The molecule has 3 nitrogen and oxygen atoms in total. The van der Waals surface area contributed by atoms with Gasteiger partial charge in [-0.1, -0.05) is 30.3 Å². The van der Waals surface area contributed by atoms with Gasteiger partial charge in [0.25, 0.3) is 0 Å². The molecule has 1 aromatic carbocycles. The van der Waals surface area contributed by atoms with Gasteiger partial charge in [0.2, 0.25) is 0 Å². The number of esters is 1. The lowest BCUT2D eigenvalue weighted by Gasteiger charge is -2.00. The van der Waals surface area contributed by atoms with E-state index >= 15 is 0 Å². The second-order valence-electron chi connectivity index (χ2n) is 2.80. The van der Waals surface area contributed by atoms with Gasteiger partial charge in [0, 0.05) is 6.42 Å². The number of carbonyl (C=O) groups is 1. The molecule has 0 amide bonds. The van der Waals surface area contributed by atoms with E-state index in [9.17, 15) is 4.79 Å². The van der Waals surface area contributed by atoms with Crippen LogP contribution in [0.25, 0.3) is 0 Å². The largest absolute Gasteiger partial charge is 0.450 e. The summed E-state index contributed by atoms with van der Waals surface area (Å²) in [6.45, 7) is -0.159. The van der Waals surface area contributed by atoms with E-state index in [0.29, 0.717) is 12.8 Å². The third kappa shape index (κ3) is 3.72. The standard InChI is InChI=1S/C11H11NO2/c12-8-9-14-11(13)7-6-10-4-2-1-3-5-10/h1-5H,6-7,9H2. The summed E-state index contributed by atoms with van der Waals surface area (Å²) in [5.41, 5.74) is 1.10. The molecule has 0 aliphatic heterocycles. The first-order chi connectivity index (χ1) is 6.83. The number of nitrogens with zero attached hydrogens (tertiary/aromatic N) is 1. The number of rotatable bonds is 4. The van der Waals surface area contributed by atoms with Crippen LogP contribution in [-0.2, 0) is 16.0 Å². The van der Waals surface area contributed by atoms with Crippen molar-refractivity contribution in [1.29, 1.82) is 5.26 Å². The molecule has 1 rings (SSSR count). The molecule has 0 radical (unpaired) electrons. The van der Waals surface area contributed by atoms with Crippen LogP contribution >= 0.6 is 0 Å². The van der Waals surface area contributed by atoms with Crippen LogP contribution in [0, 0.1) is 11.3 Å². The highest BCUT2D eigenvalue weighted by Crippen LogP contribution is 2.02. The van der Waals surface area contributed by atoms with Crippen LogP contribution < -0.4 is 0 Å². The summed E-state index contributed by atoms with van der Waals surface area (Å²) in [4.78, 5) is 11.0. The van der Waals surface area contributed by atoms with Gasteiger partial charge in [0.1, 0.15) is 6.07 Å². The molecule has 0 aliphatic carbocycles. The van der Waals surface area contributed by atoms with Crippen molar-refractivity contribution in [3.8, 4) is 6.07 Å². The molecule has 0 aliphatic rings. The van der Waals surface area contributed by atoms with E-state index in [-0.39, 0.29) is 12.6 Å². The Kier molecular flexibility index (Phi) is 4.22. The van der Waals surface area contributed by atoms with Crippen molar-refractivity contribution in [2.75, 3.05) is 6.61 Å². The molecule has 0 saturated heterocycles. The normalized spacial score (nSPS) is 9.07. The number of hydrogen-bond acceptors (Lipinski definition) is 3. The topological polar surface area (TPSA) is 50.1 Å². The zero-order chi connectivity index (χ0) is 10.2. The molecule has 0 fully saturated rings. The van der Waals surface area contributed by atoms with Gasteiger partial charge in [-0.3, -0.25) is 4.79 Å². The Morgan fingerprint density at radius 3 is 2.71 bits per heavy atom. The fourth-order valence-electron chi connectivity index (χ4n) is 1.08. The number of nitriles is 1. The number of benzene rings is 1. The SMILES string of the molecule is N#CCOC(=O)CCc1ccccc1. The summed E-state index contributed by atoms with van der Waals surface area (Å²) in [7, 11) is 0. The second kappa shape index (κ2) is 5.76. The molecule has 0 heterocycles. The van der Waals surface area contributed by atoms with Gasteiger partial charge in [-0.15, -0.1) is 0 Å². The summed E-state index contributed by atoms with van der Waals surface area (Å²) < 4.78 is 4.61. The first-order valence-electron chi connectivity index (χ1n) is 4.39. The monoisotopic (exact) mass is 189 g/mol. The summed E-state index contributed by atoms with van der Waals surface area (Å²) in [6.07, 6.45) is 0.983. The molecular formula is C11H11NO2. The predicted octanol–water partition coefficient (Wildman–Crippen LogP) is 1.69. The fraction of sp³-hybridized carbons (Fsp3) is 0.273. The molecule has 1 aromatic rings. The van der Waals surface area contributed by atoms with Gasteiger partial charge in [0.05, 0.1) is 0 Å². The molecule has 3 heteroatoms. The Labute approximate surface area is 82.9 Å². The highest BCUT2D eigenvalue weighted by atomic mass is 16.5. The van der Waals surface area contributed by atoms with Crippen LogP contribution in [0.15, 0.2) is 30.3 Å². The maximum absolute atomic E-state index is 11.0. The molecular weight excluding hydrogens is 178 g/mol. The molecule has 14 heavy (non-hydrogen) atoms. The van der Waals surface area contributed by atoms with Crippen LogP contribution in [-0.4, -0.2) is 12.6 Å². The van der Waals surface area contributed by atoms with Crippen LogP contribution in [0.2, 0.25) is 0 Å². The first-order valence-corrected chi connectivity index (χ1v) is 4.39. The highest BCUT2D eigenvalue weighted by Gasteiger charge is 2.02. The number of ether oxygens (including phenoxy) is 1. The molecule has 0 spiro atoms. The van der Waals surface area contributed by atoms with Gasteiger partial charge in [-0.2, -0.15) is 5.26 Å². The highest BCUT2D eigenvalue weighted by molar-refractivity contribution is 5.69. The van der Waals surface area contributed by atoms with E-state index in [0.717, 1.165) is 5.56 Å². The molecule has 0 saturated carbocycles. The van der Waals surface area contributed by atoms with E-state index in [2.05, 4.69) is 4.74 Å².